The lowest BCUT2D eigenvalue weighted by Crippen LogP contribution is -2.03. The molecule has 0 N–H and O–H groups in total. The van der Waals surface area contributed by atoms with Crippen molar-refractivity contribution in [3.05, 3.63) is 41.1 Å². The monoisotopic (exact) mass is 292 g/mol. The highest BCUT2D eigenvalue weighted by Gasteiger charge is 2.12. The molecule has 0 bridgehead atoms. The first-order valence-corrected chi connectivity index (χ1v) is 7.93. The summed E-state index contributed by atoms with van der Waals surface area (Å²) >= 11 is 3.44. The summed E-state index contributed by atoms with van der Waals surface area (Å²) in [5.41, 5.74) is 2.15. The van der Waals surface area contributed by atoms with E-state index in [1.165, 1.54) is 9.75 Å². The van der Waals surface area contributed by atoms with Gasteiger partial charge in [-0.1, -0.05) is 12.6 Å². The Morgan fingerprint density at radius 1 is 1.26 bits per heavy atom. The minimum absolute atomic E-state index is 0.156. The van der Waals surface area contributed by atoms with Gasteiger partial charge in [0.05, 0.1) is 11.5 Å². The summed E-state index contributed by atoms with van der Waals surface area (Å²) in [6, 6.07) is 6.23. The Hall–Kier alpha value is -1.39. The van der Waals surface area contributed by atoms with Crippen molar-refractivity contribution in [1.29, 1.82) is 0 Å². The highest BCUT2D eigenvalue weighted by atomic mass is 32.1. The number of rotatable bonds is 6. The van der Waals surface area contributed by atoms with E-state index in [1.54, 1.807) is 22.7 Å². The molecule has 2 heterocycles. The van der Waals surface area contributed by atoms with E-state index < -0.39 is 0 Å². The maximum absolute atomic E-state index is 11.4. The third-order valence-corrected chi connectivity index (χ3v) is 4.69. The molecule has 100 valence electrons. The summed E-state index contributed by atoms with van der Waals surface area (Å²) in [5.74, 6) is -0.156. The zero-order valence-electron chi connectivity index (χ0n) is 10.8. The zero-order chi connectivity index (χ0) is 13.7. The molecule has 0 aliphatic carbocycles. The molecule has 0 aliphatic heterocycles. The Labute approximate surface area is 121 Å². The number of esters is 1. The van der Waals surface area contributed by atoms with Gasteiger partial charge in [0.15, 0.2) is 0 Å². The van der Waals surface area contributed by atoms with Gasteiger partial charge in [-0.2, -0.15) is 0 Å². The van der Waals surface area contributed by atoms with Crippen molar-refractivity contribution in [2.45, 2.75) is 19.8 Å². The predicted octanol–water partition coefficient (Wildman–Crippen LogP) is 4.83. The molecule has 0 aromatic carbocycles. The van der Waals surface area contributed by atoms with Gasteiger partial charge in [-0.25, -0.2) is 0 Å². The van der Waals surface area contributed by atoms with Crippen LogP contribution in [0.5, 0.6) is 0 Å². The molecule has 2 aromatic heterocycles. The Kier molecular flexibility index (Phi) is 4.93. The van der Waals surface area contributed by atoms with E-state index in [1.807, 2.05) is 13.0 Å². The first-order chi connectivity index (χ1) is 9.22. The third-order valence-electron chi connectivity index (χ3n) is 2.73. The molecule has 0 fully saturated rings. The molecule has 0 aliphatic rings. The topological polar surface area (TPSA) is 26.3 Å². The van der Waals surface area contributed by atoms with Crippen molar-refractivity contribution in [2.75, 3.05) is 6.61 Å². The highest BCUT2D eigenvalue weighted by molar-refractivity contribution is 7.20. The second-order valence-electron chi connectivity index (χ2n) is 4.05. The van der Waals surface area contributed by atoms with E-state index in [4.69, 9.17) is 4.74 Å². The summed E-state index contributed by atoms with van der Waals surface area (Å²) in [4.78, 5) is 13.9. The molecule has 2 nitrogen and oxygen atoms in total. The molecule has 2 rings (SSSR count). The average molecular weight is 292 g/mol. The Morgan fingerprint density at radius 2 is 2.11 bits per heavy atom. The molecular formula is C15H16O2S2. The van der Waals surface area contributed by atoms with E-state index in [0.717, 1.165) is 11.1 Å². The zero-order valence-corrected chi connectivity index (χ0v) is 12.5. The second-order valence-corrected chi connectivity index (χ2v) is 5.91. The number of carbonyl (C=O) groups is 1. The van der Waals surface area contributed by atoms with Crippen LogP contribution in [-0.2, 0) is 9.53 Å². The van der Waals surface area contributed by atoms with Gasteiger partial charge in [0.25, 0.3) is 0 Å². The van der Waals surface area contributed by atoms with Crippen LogP contribution >= 0.6 is 22.7 Å². The smallest absolute Gasteiger partial charge is 0.306 e. The second kappa shape index (κ2) is 6.68. The lowest BCUT2D eigenvalue weighted by atomic mass is 10.0. The lowest BCUT2D eigenvalue weighted by Gasteiger charge is -2.06. The number of ether oxygens (including phenoxy) is 1. The Balaban J connectivity index is 2.04. The maximum atomic E-state index is 11.4. The van der Waals surface area contributed by atoms with Crippen LogP contribution < -0.4 is 0 Å². The minimum atomic E-state index is -0.156. The summed E-state index contributed by atoms with van der Waals surface area (Å²) in [5, 5.41) is 4.14. The molecule has 0 radical (unpaired) electrons. The highest BCUT2D eigenvalue weighted by Crippen LogP contribution is 2.37. The number of carbonyl (C=O) groups excluding carboxylic acids is 1. The molecule has 0 unspecified atom stereocenters. The van der Waals surface area contributed by atoms with E-state index in [0.29, 0.717) is 19.4 Å². The van der Waals surface area contributed by atoms with Crippen LogP contribution in [-0.4, -0.2) is 12.6 Å². The van der Waals surface area contributed by atoms with Crippen molar-refractivity contribution in [3.8, 4) is 9.75 Å². The molecule has 2 aromatic rings. The van der Waals surface area contributed by atoms with Gasteiger partial charge in [0.2, 0.25) is 0 Å². The van der Waals surface area contributed by atoms with Crippen LogP contribution in [0.3, 0.4) is 0 Å². The molecule has 0 spiro atoms. The normalized spacial score (nSPS) is 10.4. The summed E-state index contributed by atoms with van der Waals surface area (Å²) in [6.45, 7) is 6.36. The van der Waals surface area contributed by atoms with Crippen LogP contribution in [0, 0.1) is 0 Å². The molecule has 19 heavy (non-hydrogen) atoms. The predicted molar refractivity (Wildman–Crippen MR) is 82.5 cm³/mol. The van der Waals surface area contributed by atoms with Crippen LogP contribution in [0.4, 0.5) is 0 Å². The average Bonchev–Trinajstić information content (AvgIpc) is 3.05. The van der Waals surface area contributed by atoms with Gasteiger partial charge < -0.3 is 4.74 Å². The van der Waals surface area contributed by atoms with Crippen LogP contribution in [0.25, 0.3) is 15.3 Å². The summed E-state index contributed by atoms with van der Waals surface area (Å²) < 4.78 is 4.94. The Bertz CT molecular complexity index is 552. The first kappa shape index (κ1) is 14.0. The molecule has 0 saturated carbocycles. The molecular weight excluding hydrogens is 276 g/mol. The quantitative estimate of drug-likeness (QED) is 0.713. The largest absolute Gasteiger partial charge is 0.466 e. The molecule has 0 atom stereocenters. The fourth-order valence-corrected chi connectivity index (χ4v) is 3.64. The standard InChI is InChI=1S/C15H16O2S2/c1-3-17-14(16)7-6-11(2)12-8-10-19-15(12)13-5-4-9-18-13/h4-5,8-10H,2-3,6-7H2,1H3. The van der Waals surface area contributed by atoms with Gasteiger partial charge in [0, 0.05) is 11.3 Å². The maximum Gasteiger partial charge on any atom is 0.306 e. The Morgan fingerprint density at radius 3 is 2.79 bits per heavy atom. The number of thiophene rings is 2. The van der Waals surface area contributed by atoms with E-state index in [-0.39, 0.29) is 5.97 Å². The fraction of sp³-hybridized carbons (Fsp3) is 0.267. The first-order valence-electron chi connectivity index (χ1n) is 6.17. The van der Waals surface area contributed by atoms with Crippen molar-refractivity contribution >= 4 is 34.2 Å². The van der Waals surface area contributed by atoms with Gasteiger partial charge in [0.1, 0.15) is 0 Å². The van der Waals surface area contributed by atoms with Gasteiger partial charge in [-0.15, -0.1) is 22.7 Å². The van der Waals surface area contributed by atoms with Crippen molar-refractivity contribution in [2.24, 2.45) is 0 Å². The van der Waals surface area contributed by atoms with E-state index in [9.17, 15) is 4.79 Å². The lowest BCUT2D eigenvalue weighted by molar-refractivity contribution is -0.142. The van der Waals surface area contributed by atoms with Gasteiger partial charge >= 0.3 is 5.97 Å². The third kappa shape index (κ3) is 3.55. The van der Waals surface area contributed by atoms with Crippen molar-refractivity contribution in [1.82, 2.24) is 0 Å². The van der Waals surface area contributed by atoms with E-state index >= 15 is 0 Å². The number of hydrogen-bond donors (Lipinski definition) is 0. The fourth-order valence-electron chi connectivity index (χ4n) is 1.81. The number of hydrogen-bond acceptors (Lipinski definition) is 4. The molecule has 4 heteroatoms. The van der Waals surface area contributed by atoms with Gasteiger partial charge in [-0.3, -0.25) is 4.79 Å². The summed E-state index contributed by atoms with van der Waals surface area (Å²) in [6.07, 6.45) is 1.04. The van der Waals surface area contributed by atoms with Crippen molar-refractivity contribution in [3.63, 3.8) is 0 Å². The van der Waals surface area contributed by atoms with Crippen LogP contribution in [0.1, 0.15) is 25.3 Å². The molecule has 0 saturated heterocycles. The SMILES string of the molecule is C=C(CCC(=O)OCC)c1ccsc1-c1cccs1. The summed E-state index contributed by atoms with van der Waals surface area (Å²) in [7, 11) is 0. The van der Waals surface area contributed by atoms with Gasteiger partial charge in [-0.05, 0) is 47.4 Å². The van der Waals surface area contributed by atoms with Crippen LogP contribution in [0.15, 0.2) is 35.5 Å². The van der Waals surface area contributed by atoms with E-state index in [2.05, 4.69) is 29.5 Å². The number of allylic oxidation sites excluding steroid dienone is 1. The van der Waals surface area contributed by atoms with Crippen molar-refractivity contribution < 1.29 is 9.53 Å². The molecule has 0 amide bonds. The van der Waals surface area contributed by atoms with Crippen LogP contribution in [0.2, 0.25) is 0 Å². The minimum Gasteiger partial charge on any atom is -0.466 e.